The molecule has 20 heavy (non-hydrogen) atoms. The minimum absolute atomic E-state index is 0.0342. The summed E-state index contributed by atoms with van der Waals surface area (Å²) in [6.45, 7) is 7.77. The molecule has 0 spiro atoms. The third kappa shape index (κ3) is 2.81. The molecule has 2 rings (SSSR count). The standard InChI is InChI=1S/C13H17N5O2/c1-8(2)18(9(3)4)13(19)12-16-11(17-20-12)10-7-14-5-6-15-10/h5-9H,1-4H3. The van der Waals surface area contributed by atoms with Gasteiger partial charge in [0.25, 0.3) is 0 Å². The summed E-state index contributed by atoms with van der Waals surface area (Å²) in [5, 5.41) is 3.77. The van der Waals surface area contributed by atoms with Gasteiger partial charge < -0.3 is 9.42 Å². The maximum atomic E-state index is 12.4. The molecule has 7 nitrogen and oxygen atoms in total. The third-order valence-corrected chi connectivity index (χ3v) is 2.75. The van der Waals surface area contributed by atoms with Crippen molar-refractivity contribution in [2.24, 2.45) is 0 Å². The van der Waals surface area contributed by atoms with Gasteiger partial charge in [0.1, 0.15) is 5.69 Å². The molecule has 2 heterocycles. The maximum absolute atomic E-state index is 12.4. The van der Waals surface area contributed by atoms with E-state index in [1.54, 1.807) is 11.1 Å². The van der Waals surface area contributed by atoms with Gasteiger partial charge in [0.2, 0.25) is 5.82 Å². The summed E-state index contributed by atoms with van der Waals surface area (Å²) in [5.74, 6) is -0.0559. The molecule has 1 amide bonds. The summed E-state index contributed by atoms with van der Waals surface area (Å²) in [6.07, 6.45) is 4.60. The van der Waals surface area contributed by atoms with Gasteiger partial charge in [-0.1, -0.05) is 5.16 Å². The molecule has 0 aliphatic rings. The van der Waals surface area contributed by atoms with Crippen molar-refractivity contribution < 1.29 is 9.32 Å². The highest BCUT2D eigenvalue weighted by molar-refractivity contribution is 5.90. The van der Waals surface area contributed by atoms with Crippen LogP contribution in [-0.4, -0.2) is 43.0 Å². The molecule has 0 aromatic carbocycles. The van der Waals surface area contributed by atoms with Crippen LogP contribution in [0.5, 0.6) is 0 Å². The van der Waals surface area contributed by atoms with Crippen molar-refractivity contribution in [3.05, 3.63) is 24.5 Å². The van der Waals surface area contributed by atoms with E-state index in [1.807, 2.05) is 27.7 Å². The van der Waals surface area contributed by atoms with Crippen molar-refractivity contribution in [3.63, 3.8) is 0 Å². The highest BCUT2D eigenvalue weighted by Crippen LogP contribution is 2.15. The van der Waals surface area contributed by atoms with Gasteiger partial charge >= 0.3 is 11.8 Å². The number of aromatic nitrogens is 4. The van der Waals surface area contributed by atoms with E-state index in [2.05, 4.69) is 20.1 Å². The van der Waals surface area contributed by atoms with Gasteiger partial charge in [0, 0.05) is 24.5 Å². The van der Waals surface area contributed by atoms with E-state index < -0.39 is 0 Å². The van der Waals surface area contributed by atoms with Gasteiger partial charge in [0.05, 0.1) is 6.20 Å². The fourth-order valence-corrected chi connectivity index (χ4v) is 2.00. The van der Waals surface area contributed by atoms with Crippen LogP contribution in [0, 0.1) is 0 Å². The Morgan fingerprint density at radius 2 is 1.90 bits per heavy atom. The topological polar surface area (TPSA) is 85.0 Å². The Kier molecular flexibility index (Phi) is 4.07. The summed E-state index contributed by atoms with van der Waals surface area (Å²) in [4.78, 5) is 26.1. The minimum Gasteiger partial charge on any atom is -0.330 e. The molecule has 2 aromatic rings. The number of carbonyl (C=O) groups is 1. The molecule has 0 aliphatic carbocycles. The molecule has 0 saturated carbocycles. The zero-order valence-electron chi connectivity index (χ0n) is 11.9. The van der Waals surface area contributed by atoms with Gasteiger partial charge in [-0.15, -0.1) is 0 Å². The van der Waals surface area contributed by atoms with Crippen LogP contribution in [0.2, 0.25) is 0 Å². The van der Waals surface area contributed by atoms with Crippen LogP contribution < -0.4 is 0 Å². The molecule has 0 radical (unpaired) electrons. The average molecular weight is 275 g/mol. The summed E-state index contributed by atoms with van der Waals surface area (Å²) in [6, 6.07) is 0.101. The minimum atomic E-state index is -0.280. The van der Waals surface area contributed by atoms with Crippen molar-refractivity contribution in [2.45, 2.75) is 39.8 Å². The highest BCUT2D eigenvalue weighted by atomic mass is 16.5. The zero-order chi connectivity index (χ0) is 14.7. The molecule has 106 valence electrons. The molecule has 0 bridgehead atoms. The van der Waals surface area contributed by atoms with Crippen molar-refractivity contribution in [1.82, 2.24) is 25.0 Å². The molecule has 0 unspecified atom stereocenters. The second-order valence-corrected chi connectivity index (χ2v) is 4.91. The lowest BCUT2D eigenvalue weighted by atomic mass is 10.2. The lowest BCUT2D eigenvalue weighted by Crippen LogP contribution is -2.42. The number of nitrogens with zero attached hydrogens (tertiary/aromatic N) is 5. The van der Waals surface area contributed by atoms with Crippen LogP contribution in [0.4, 0.5) is 0 Å². The lowest BCUT2D eigenvalue weighted by molar-refractivity contribution is 0.0592. The first-order valence-electron chi connectivity index (χ1n) is 6.43. The highest BCUT2D eigenvalue weighted by Gasteiger charge is 2.26. The van der Waals surface area contributed by atoms with Crippen LogP contribution >= 0.6 is 0 Å². The molecule has 0 saturated heterocycles. The Labute approximate surface area is 117 Å². The van der Waals surface area contributed by atoms with E-state index in [9.17, 15) is 4.79 Å². The van der Waals surface area contributed by atoms with E-state index in [1.165, 1.54) is 12.4 Å². The molecule has 0 atom stereocenters. The number of hydrogen-bond acceptors (Lipinski definition) is 6. The average Bonchev–Trinajstić information content (AvgIpc) is 2.88. The van der Waals surface area contributed by atoms with Crippen molar-refractivity contribution in [3.8, 4) is 11.5 Å². The van der Waals surface area contributed by atoms with Gasteiger partial charge in [-0.3, -0.25) is 9.78 Å². The van der Waals surface area contributed by atoms with Gasteiger partial charge in [-0.05, 0) is 27.7 Å². The summed E-state index contributed by atoms with van der Waals surface area (Å²) in [5.41, 5.74) is 0.468. The molecular formula is C13H17N5O2. The van der Waals surface area contributed by atoms with E-state index in [-0.39, 0.29) is 29.7 Å². The normalized spacial score (nSPS) is 11.1. The van der Waals surface area contributed by atoms with Crippen LogP contribution in [0.25, 0.3) is 11.5 Å². The van der Waals surface area contributed by atoms with Gasteiger partial charge in [-0.2, -0.15) is 4.98 Å². The Bertz CT molecular complexity index is 571. The number of amides is 1. The first kappa shape index (κ1) is 14.1. The van der Waals surface area contributed by atoms with E-state index in [4.69, 9.17) is 4.52 Å². The molecule has 7 heteroatoms. The number of hydrogen-bond donors (Lipinski definition) is 0. The second-order valence-electron chi connectivity index (χ2n) is 4.91. The van der Waals surface area contributed by atoms with Crippen LogP contribution in [0.15, 0.2) is 23.1 Å². The quantitative estimate of drug-likeness (QED) is 0.845. The Morgan fingerprint density at radius 1 is 1.20 bits per heavy atom. The first-order chi connectivity index (χ1) is 9.50. The van der Waals surface area contributed by atoms with E-state index in [0.717, 1.165) is 0 Å². The third-order valence-electron chi connectivity index (χ3n) is 2.75. The van der Waals surface area contributed by atoms with Crippen molar-refractivity contribution in [2.75, 3.05) is 0 Å². The predicted octanol–water partition coefficient (Wildman–Crippen LogP) is 1.79. The number of carbonyl (C=O) groups excluding carboxylic acids is 1. The first-order valence-corrected chi connectivity index (χ1v) is 6.43. The predicted molar refractivity (Wildman–Crippen MR) is 71.8 cm³/mol. The SMILES string of the molecule is CC(C)N(C(=O)c1nc(-c2cnccn2)no1)C(C)C. The van der Waals surface area contributed by atoms with Crippen molar-refractivity contribution >= 4 is 5.91 Å². The fourth-order valence-electron chi connectivity index (χ4n) is 2.00. The molecule has 0 fully saturated rings. The summed E-state index contributed by atoms with van der Waals surface area (Å²) in [7, 11) is 0. The Balaban J connectivity index is 2.27. The summed E-state index contributed by atoms with van der Waals surface area (Å²) >= 11 is 0. The molecule has 0 N–H and O–H groups in total. The summed E-state index contributed by atoms with van der Waals surface area (Å²) < 4.78 is 5.04. The second kappa shape index (κ2) is 5.77. The van der Waals surface area contributed by atoms with Crippen LogP contribution in [0.1, 0.15) is 38.4 Å². The van der Waals surface area contributed by atoms with Gasteiger partial charge in [0.15, 0.2) is 0 Å². The van der Waals surface area contributed by atoms with Crippen LogP contribution in [0.3, 0.4) is 0 Å². The van der Waals surface area contributed by atoms with E-state index >= 15 is 0 Å². The van der Waals surface area contributed by atoms with Gasteiger partial charge in [-0.25, -0.2) is 4.98 Å². The zero-order valence-corrected chi connectivity index (χ0v) is 11.9. The monoisotopic (exact) mass is 275 g/mol. The largest absolute Gasteiger partial charge is 0.330 e. The fraction of sp³-hybridized carbons (Fsp3) is 0.462. The van der Waals surface area contributed by atoms with E-state index in [0.29, 0.717) is 5.69 Å². The smallest absolute Gasteiger partial charge is 0.316 e. The Morgan fingerprint density at radius 3 is 2.45 bits per heavy atom. The molecular weight excluding hydrogens is 258 g/mol. The van der Waals surface area contributed by atoms with Crippen LogP contribution in [-0.2, 0) is 0 Å². The Hall–Kier alpha value is -2.31. The molecule has 2 aromatic heterocycles. The lowest BCUT2D eigenvalue weighted by Gasteiger charge is -2.29. The van der Waals surface area contributed by atoms with Crippen molar-refractivity contribution in [1.29, 1.82) is 0 Å². The number of rotatable bonds is 4. The maximum Gasteiger partial charge on any atom is 0.316 e. The molecule has 0 aliphatic heterocycles.